The van der Waals surface area contributed by atoms with Gasteiger partial charge in [-0.05, 0) is 31.7 Å². The van der Waals surface area contributed by atoms with Gasteiger partial charge in [-0.1, -0.05) is 20.3 Å². The quantitative estimate of drug-likeness (QED) is 0.472. The van der Waals surface area contributed by atoms with Gasteiger partial charge in [-0.2, -0.15) is 4.89 Å². The summed E-state index contributed by atoms with van der Waals surface area (Å²) < 4.78 is 0. The van der Waals surface area contributed by atoms with E-state index in [1.165, 1.54) is 0 Å². The van der Waals surface area contributed by atoms with Gasteiger partial charge in [0, 0.05) is 6.42 Å². The average Bonchev–Trinajstić information content (AvgIpc) is 2.14. The number of carbonyl (C=O) groups is 1. The van der Waals surface area contributed by atoms with Gasteiger partial charge in [0.05, 0.1) is 0 Å². The summed E-state index contributed by atoms with van der Waals surface area (Å²) in [4.78, 5) is 20.3. The lowest BCUT2D eigenvalue weighted by atomic mass is 10.1. The van der Waals surface area contributed by atoms with Crippen molar-refractivity contribution in [3.63, 3.8) is 0 Å². The van der Waals surface area contributed by atoms with Gasteiger partial charge in [0.2, 0.25) is 0 Å². The van der Waals surface area contributed by atoms with E-state index in [0.29, 0.717) is 6.42 Å². The third-order valence-electron chi connectivity index (χ3n) is 1.97. The molecule has 0 aliphatic carbocycles. The molecule has 0 heterocycles. The van der Waals surface area contributed by atoms with E-state index < -0.39 is 11.6 Å². The van der Waals surface area contributed by atoms with E-state index in [1.54, 1.807) is 0 Å². The summed E-state index contributed by atoms with van der Waals surface area (Å²) >= 11 is 0. The molecule has 4 nitrogen and oxygen atoms in total. The zero-order valence-electron chi connectivity index (χ0n) is 9.46. The minimum absolute atomic E-state index is 0.367. The van der Waals surface area contributed by atoms with Gasteiger partial charge in [0.1, 0.15) is 5.60 Å². The second kappa shape index (κ2) is 6.79. The summed E-state index contributed by atoms with van der Waals surface area (Å²) in [5.41, 5.74) is -0.426. The van der Waals surface area contributed by atoms with Crippen LogP contribution in [-0.2, 0) is 19.6 Å². The largest absolute Gasteiger partial charge is 0.345 e. The highest BCUT2D eigenvalue weighted by Gasteiger charge is 2.18. The molecule has 0 atom stereocenters. The molecule has 0 aliphatic heterocycles. The molecule has 0 rings (SSSR count). The van der Waals surface area contributed by atoms with E-state index in [1.807, 2.05) is 27.7 Å². The van der Waals surface area contributed by atoms with Crippen molar-refractivity contribution in [3.05, 3.63) is 0 Å². The van der Waals surface area contributed by atoms with E-state index >= 15 is 0 Å². The van der Waals surface area contributed by atoms with Crippen LogP contribution in [0.4, 0.5) is 0 Å². The first-order valence-corrected chi connectivity index (χ1v) is 5.07. The molecular formula is C10H20O4. The smallest absolute Gasteiger partial charge is 0.269 e. The molecule has 14 heavy (non-hydrogen) atoms. The Morgan fingerprint density at radius 1 is 1.29 bits per heavy atom. The molecule has 4 heteroatoms. The predicted molar refractivity (Wildman–Crippen MR) is 52.2 cm³/mol. The third kappa shape index (κ3) is 6.86. The number of hydrogen-bond acceptors (Lipinski definition) is 4. The second-order valence-electron chi connectivity index (χ2n) is 3.82. The standard InChI is InChI=1S/C10H20O4/c1-5-7-8-9(11)12-14-13-10(3,4)6-2/h5-8H2,1-4H3. The van der Waals surface area contributed by atoms with Gasteiger partial charge in [-0.25, -0.2) is 4.79 Å². The lowest BCUT2D eigenvalue weighted by Crippen LogP contribution is -2.24. The SMILES string of the molecule is CCCCC(=O)OOOC(C)(C)CC. The number of unbranched alkanes of at least 4 members (excludes halogenated alkanes) is 1. The lowest BCUT2D eigenvalue weighted by molar-refractivity contribution is -0.517. The molecule has 0 saturated heterocycles. The van der Waals surface area contributed by atoms with Gasteiger partial charge in [-0.3, -0.25) is 4.89 Å². The van der Waals surface area contributed by atoms with Crippen molar-refractivity contribution in [1.29, 1.82) is 0 Å². The topological polar surface area (TPSA) is 44.8 Å². The van der Waals surface area contributed by atoms with Crippen LogP contribution in [0.2, 0.25) is 0 Å². The minimum Gasteiger partial charge on any atom is -0.269 e. The maximum Gasteiger partial charge on any atom is 0.345 e. The van der Waals surface area contributed by atoms with Crippen LogP contribution in [0.25, 0.3) is 0 Å². The second-order valence-corrected chi connectivity index (χ2v) is 3.82. The third-order valence-corrected chi connectivity index (χ3v) is 1.97. The highest BCUT2D eigenvalue weighted by molar-refractivity contribution is 5.68. The predicted octanol–water partition coefficient (Wildman–Crippen LogP) is 2.77. The van der Waals surface area contributed by atoms with Gasteiger partial charge < -0.3 is 0 Å². The van der Waals surface area contributed by atoms with Crippen LogP contribution in [0.15, 0.2) is 0 Å². The van der Waals surface area contributed by atoms with Crippen molar-refractivity contribution in [2.45, 2.75) is 59.0 Å². The van der Waals surface area contributed by atoms with Crippen molar-refractivity contribution in [2.24, 2.45) is 0 Å². The summed E-state index contributed by atoms with van der Waals surface area (Å²) in [5, 5.41) is 4.40. The Morgan fingerprint density at radius 3 is 2.43 bits per heavy atom. The summed E-state index contributed by atoms with van der Waals surface area (Å²) in [5.74, 6) is -0.390. The molecule has 0 unspecified atom stereocenters. The highest BCUT2D eigenvalue weighted by Crippen LogP contribution is 2.13. The molecular weight excluding hydrogens is 184 g/mol. The Bertz CT molecular complexity index is 166. The fraction of sp³-hybridized carbons (Fsp3) is 0.900. The molecule has 0 bridgehead atoms. The number of hydrogen-bond donors (Lipinski definition) is 0. The summed E-state index contributed by atoms with van der Waals surface area (Å²) in [6, 6.07) is 0. The molecule has 0 aliphatic rings. The van der Waals surface area contributed by atoms with Gasteiger partial charge in [-0.15, -0.1) is 0 Å². The fourth-order valence-electron chi connectivity index (χ4n) is 0.569. The molecule has 0 fully saturated rings. The Morgan fingerprint density at radius 2 is 1.93 bits per heavy atom. The number of carbonyl (C=O) groups excluding carboxylic acids is 1. The van der Waals surface area contributed by atoms with Crippen LogP contribution < -0.4 is 0 Å². The summed E-state index contributed by atoms with van der Waals surface area (Å²) in [7, 11) is 0. The minimum atomic E-state index is -0.426. The van der Waals surface area contributed by atoms with Crippen molar-refractivity contribution in [3.8, 4) is 0 Å². The zero-order chi connectivity index (χ0) is 11.0. The lowest BCUT2D eigenvalue weighted by Gasteiger charge is -2.19. The molecule has 0 aromatic carbocycles. The average molecular weight is 204 g/mol. The molecule has 0 spiro atoms. The van der Waals surface area contributed by atoms with E-state index in [-0.39, 0.29) is 0 Å². The summed E-state index contributed by atoms with van der Waals surface area (Å²) in [6.45, 7) is 7.67. The van der Waals surface area contributed by atoms with E-state index in [2.05, 4.69) is 9.93 Å². The van der Waals surface area contributed by atoms with Crippen molar-refractivity contribution < 1.29 is 19.6 Å². The Kier molecular flexibility index (Phi) is 6.49. The normalized spacial score (nSPS) is 11.4. The molecule has 0 amide bonds. The van der Waals surface area contributed by atoms with Crippen molar-refractivity contribution in [1.82, 2.24) is 0 Å². The molecule has 84 valence electrons. The van der Waals surface area contributed by atoms with Gasteiger partial charge in [0.25, 0.3) is 0 Å². The molecule has 0 aromatic heterocycles. The first-order valence-electron chi connectivity index (χ1n) is 5.07. The first kappa shape index (κ1) is 13.4. The monoisotopic (exact) mass is 204 g/mol. The fourth-order valence-corrected chi connectivity index (χ4v) is 0.569. The number of rotatable bonds is 7. The van der Waals surface area contributed by atoms with Gasteiger partial charge in [0.15, 0.2) is 0 Å². The van der Waals surface area contributed by atoms with Crippen LogP contribution in [-0.4, -0.2) is 11.6 Å². The summed E-state index contributed by atoms with van der Waals surface area (Å²) in [6.07, 6.45) is 2.90. The van der Waals surface area contributed by atoms with E-state index in [4.69, 9.17) is 4.89 Å². The van der Waals surface area contributed by atoms with E-state index in [0.717, 1.165) is 19.3 Å². The van der Waals surface area contributed by atoms with E-state index in [9.17, 15) is 4.79 Å². The van der Waals surface area contributed by atoms with Crippen molar-refractivity contribution >= 4 is 5.97 Å². The first-order chi connectivity index (χ1) is 6.52. The Balaban J connectivity index is 3.49. The van der Waals surface area contributed by atoms with Crippen LogP contribution in [0, 0.1) is 0 Å². The van der Waals surface area contributed by atoms with Crippen LogP contribution >= 0.6 is 0 Å². The van der Waals surface area contributed by atoms with Crippen LogP contribution in [0.1, 0.15) is 53.4 Å². The highest BCUT2D eigenvalue weighted by atomic mass is 17.5. The van der Waals surface area contributed by atoms with Gasteiger partial charge >= 0.3 is 5.97 Å². The zero-order valence-corrected chi connectivity index (χ0v) is 9.46. The molecule has 0 saturated carbocycles. The maximum atomic E-state index is 10.9. The molecule has 0 radical (unpaired) electrons. The Labute approximate surface area is 85.4 Å². The molecule has 0 N–H and O–H groups in total. The van der Waals surface area contributed by atoms with Crippen molar-refractivity contribution in [2.75, 3.05) is 0 Å². The Hall–Kier alpha value is -0.610. The van der Waals surface area contributed by atoms with Crippen LogP contribution in [0.5, 0.6) is 0 Å². The maximum absolute atomic E-state index is 10.9. The molecule has 0 aromatic rings. The van der Waals surface area contributed by atoms with Crippen LogP contribution in [0.3, 0.4) is 0 Å².